The molecule has 1 aromatic rings. The number of amides is 1. The molecule has 98 valence electrons. The molecule has 0 spiro atoms. The molecule has 0 saturated carbocycles. The zero-order chi connectivity index (χ0) is 13.7. The Labute approximate surface area is 104 Å². The normalized spacial score (nSPS) is 11.8. The van der Waals surface area contributed by atoms with E-state index in [2.05, 4.69) is 5.32 Å². The monoisotopic (exact) mass is 253 g/mol. The lowest BCUT2D eigenvalue weighted by molar-refractivity contribution is -0.137. The zero-order valence-corrected chi connectivity index (χ0v) is 9.88. The van der Waals surface area contributed by atoms with Crippen molar-refractivity contribution in [3.63, 3.8) is 0 Å². The molecule has 0 aliphatic rings. The van der Waals surface area contributed by atoms with Crippen molar-refractivity contribution >= 4 is 11.9 Å². The molecule has 1 unspecified atom stereocenters. The maximum absolute atomic E-state index is 11.8. The van der Waals surface area contributed by atoms with Gasteiger partial charge in [0.25, 0.3) is 5.91 Å². The summed E-state index contributed by atoms with van der Waals surface area (Å²) in [6, 6.07) is 3.50. The fraction of sp³-hybridized carbons (Fsp3) is 0.333. The SMILES string of the molecule is CCC(CC(=O)O)NC(=O)c1cccc(O)c1O. The molecule has 0 radical (unpaired) electrons. The highest BCUT2D eigenvalue weighted by atomic mass is 16.4. The minimum Gasteiger partial charge on any atom is -0.504 e. The van der Waals surface area contributed by atoms with Gasteiger partial charge in [-0.15, -0.1) is 0 Å². The molecule has 0 saturated heterocycles. The van der Waals surface area contributed by atoms with Gasteiger partial charge in [-0.3, -0.25) is 9.59 Å². The Hall–Kier alpha value is -2.24. The number of hydrogen-bond donors (Lipinski definition) is 4. The van der Waals surface area contributed by atoms with Gasteiger partial charge in [0, 0.05) is 6.04 Å². The summed E-state index contributed by atoms with van der Waals surface area (Å²) in [7, 11) is 0. The topological polar surface area (TPSA) is 107 Å². The second kappa shape index (κ2) is 5.90. The number of benzene rings is 1. The summed E-state index contributed by atoms with van der Waals surface area (Å²) < 4.78 is 0. The molecule has 0 heterocycles. The Kier molecular flexibility index (Phi) is 4.53. The van der Waals surface area contributed by atoms with E-state index in [1.807, 2.05) is 0 Å². The van der Waals surface area contributed by atoms with Crippen LogP contribution in [0, 0.1) is 0 Å². The largest absolute Gasteiger partial charge is 0.504 e. The number of carboxylic acids is 1. The number of nitrogens with one attached hydrogen (secondary N) is 1. The Balaban J connectivity index is 2.81. The number of phenolic OH excluding ortho intramolecular Hbond substituents is 2. The number of aliphatic carboxylic acids is 1. The summed E-state index contributed by atoms with van der Waals surface area (Å²) in [6.07, 6.45) is 0.263. The lowest BCUT2D eigenvalue weighted by Gasteiger charge is -2.15. The fourth-order valence-corrected chi connectivity index (χ4v) is 1.49. The van der Waals surface area contributed by atoms with Gasteiger partial charge in [-0.2, -0.15) is 0 Å². The Morgan fingerprint density at radius 1 is 1.33 bits per heavy atom. The van der Waals surface area contributed by atoms with Crippen LogP contribution in [0.3, 0.4) is 0 Å². The summed E-state index contributed by atoms with van der Waals surface area (Å²) in [6.45, 7) is 1.75. The average molecular weight is 253 g/mol. The lowest BCUT2D eigenvalue weighted by Crippen LogP contribution is -2.36. The minimum atomic E-state index is -1.01. The van der Waals surface area contributed by atoms with Crippen molar-refractivity contribution in [2.45, 2.75) is 25.8 Å². The molecular formula is C12H15NO5. The molecule has 1 rings (SSSR count). The minimum absolute atomic E-state index is 0.0844. The van der Waals surface area contributed by atoms with Gasteiger partial charge in [-0.1, -0.05) is 13.0 Å². The molecule has 0 bridgehead atoms. The van der Waals surface area contributed by atoms with E-state index < -0.39 is 29.4 Å². The van der Waals surface area contributed by atoms with Crippen molar-refractivity contribution in [2.24, 2.45) is 0 Å². The highest BCUT2D eigenvalue weighted by Crippen LogP contribution is 2.28. The zero-order valence-electron chi connectivity index (χ0n) is 9.88. The van der Waals surface area contributed by atoms with E-state index in [9.17, 15) is 19.8 Å². The third-order valence-corrected chi connectivity index (χ3v) is 2.51. The van der Waals surface area contributed by atoms with Crippen LogP contribution in [0.2, 0.25) is 0 Å². The summed E-state index contributed by atoms with van der Waals surface area (Å²) >= 11 is 0. The van der Waals surface area contributed by atoms with E-state index in [1.54, 1.807) is 6.92 Å². The van der Waals surface area contributed by atoms with Crippen LogP contribution in [-0.2, 0) is 4.79 Å². The number of para-hydroxylation sites is 1. The predicted molar refractivity (Wildman–Crippen MR) is 63.6 cm³/mol. The first-order valence-electron chi connectivity index (χ1n) is 5.49. The summed E-state index contributed by atoms with van der Waals surface area (Å²) in [5.74, 6) is -2.53. The number of carbonyl (C=O) groups is 2. The van der Waals surface area contributed by atoms with Crippen LogP contribution < -0.4 is 5.32 Å². The van der Waals surface area contributed by atoms with Crippen molar-refractivity contribution < 1.29 is 24.9 Å². The molecular weight excluding hydrogens is 238 g/mol. The molecule has 1 atom stereocenters. The number of aromatic hydroxyl groups is 2. The molecule has 4 N–H and O–H groups in total. The van der Waals surface area contributed by atoms with Crippen LogP contribution in [0.4, 0.5) is 0 Å². The highest BCUT2D eigenvalue weighted by molar-refractivity contribution is 5.97. The Morgan fingerprint density at radius 3 is 2.56 bits per heavy atom. The molecule has 6 heteroatoms. The molecule has 0 aliphatic carbocycles. The van der Waals surface area contributed by atoms with Gasteiger partial charge in [-0.05, 0) is 18.6 Å². The molecule has 0 fully saturated rings. The fourth-order valence-electron chi connectivity index (χ4n) is 1.49. The van der Waals surface area contributed by atoms with Gasteiger partial charge in [0.2, 0.25) is 0 Å². The van der Waals surface area contributed by atoms with E-state index in [0.29, 0.717) is 6.42 Å². The van der Waals surface area contributed by atoms with Crippen molar-refractivity contribution in [1.82, 2.24) is 5.32 Å². The summed E-state index contributed by atoms with van der Waals surface area (Å²) in [4.78, 5) is 22.4. The first-order valence-corrected chi connectivity index (χ1v) is 5.49. The summed E-state index contributed by atoms with van der Waals surface area (Å²) in [5.41, 5.74) is -0.0844. The van der Waals surface area contributed by atoms with Gasteiger partial charge in [-0.25, -0.2) is 0 Å². The predicted octanol–water partition coefficient (Wildman–Crippen LogP) is 1.08. The van der Waals surface area contributed by atoms with Crippen LogP contribution in [0.1, 0.15) is 30.1 Å². The van der Waals surface area contributed by atoms with Crippen LogP contribution in [-0.4, -0.2) is 33.2 Å². The van der Waals surface area contributed by atoms with Gasteiger partial charge >= 0.3 is 5.97 Å². The van der Waals surface area contributed by atoms with E-state index in [1.165, 1.54) is 18.2 Å². The lowest BCUT2D eigenvalue weighted by atomic mass is 10.1. The standard InChI is InChI=1S/C12H15NO5/c1-2-7(6-10(15)16)13-12(18)8-4-3-5-9(14)11(8)17/h3-5,7,14,17H,2,6H2,1H3,(H,13,18)(H,15,16). The van der Waals surface area contributed by atoms with Crippen LogP contribution >= 0.6 is 0 Å². The van der Waals surface area contributed by atoms with Crippen LogP contribution in [0.25, 0.3) is 0 Å². The molecule has 0 aliphatic heterocycles. The van der Waals surface area contributed by atoms with Gasteiger partial charge in [0.15, 0.2) is 11.5 Å². The third kappa shape index (κ3) is 3.38. The van der Waals surface area contributed by atoms with Gasteiger partial charge in [0.05, 0.1) is 12.0 Å². The molecule has 1 amide bonds. The van der Waals surface area contributed by atoms with Crippen LogP contribution in [0.15, 0.2) is 18.2 Å². The quantitative estimate of drug-likeness (QED) is 0.587. The summed E-state index contributed by atoms with van der Waals surface area (Å²) in [5, 5.41) is 29.9. The molecule has 0 aromatic heterocycles. The van der Waals surface area contributed by atoms with Crippen molar-refractivity contribution in [2.75, 3.05) is 0 Å². The molecule has 18 heavy (non-hydrogen) atoms. The number of phenols is 2. The first kappa shape index (κ1) is 13.8. The second-order valence-electron chi connectivity index (χ2n) is 3.85. The molecule has 1 aromatic carbocycles. The van der Waals surface area contributed by atoms with Gasteiger partial charge < -0.3 is 20.6 Å². The van der Waals surface area contributed by atoms with Crippen molar-refractivity contribution in [1.29, 1.82) is 0 Å². The molecule has 6 nitrogen and oxygen atoms in total. The number of hydrogen-bond acceptors (Lipinski definition) is 4. The number of carboxylic acid groups (broad SMARTS) is 1. The smallest absolute Gasteiger partial charge is 0.305 e. The van der Waals surface area contributed by atoms with E-state index in [4.69, 9.17) is 5.11 Å². The van der Waals surface area contributed by atoms with Crippen molar-refractivity contribution in [3.05, 3.63) is 23.8 Å². The maximum atomic E-state index is 11.8. The van der Waals surface area contributed by atoms with Crippen molar-refractivity contribution in [3.8, 4) is 11.5 Å². The third-order valence-electron chi connectivity index (χ3n) is 2.51. The van der Waals surface area contributed by atoms with E-state index in [0.717, 1.165) is 0 Å². The first-order chi connectivity index (χ1) is 8.45. The average Bonchev–Trinajstić information content (AvgIpc) is 2.31. The Bertz CT molecular complexity index is 458. The maximum Gasteiger partial charge on any atom is 0.305 e. The van der Waals surface area contributed by atoms with Gasteiger partial charge in [0.1, 0.15) is 0 Å². The number of carbonyl (C=O) groups excluding carboxylic acids is 1. The Morgan fingerprint density at radius 2 is 2.00 bits per heavy atom. The van der Waals surface area contributed by atoms with E-state index >= 15 is 0 Å². The van der Waals surface area contributed by atoms with Crippen LogP contribution in [0.5, 0.6) is 11.5 Å². The second-order valence-corrected chi connectivity index (χ2v) is 3.85. The number of rotatable bonds is 5. The highest BCUT2D eigenvalue weighted by Gasteiger charge is 2.18. The van der Waals surface area contributed by atoms with E-state index in [-0.39, 0.29) is 12.0 Å².